The summed E-state index contributed by atoms with van der Waals surface area (Å²) in [6.07, 6.45) is 9.28. The first-order valence-corrected chi connectivity index (χ1v) is 6.57. The number of carbonyl (C=O) groups is 1. The molecule has 0 spiro atoms. The number of esters is 1. The van der Waals surface area contributed by atoms with Crippen molar-refractivity contribution < 1.29 is 9.53 Å². The number of nitrogens with zero attached hydrogens (tertiary/aromatic N) is 1. The van der Waals surface area contributed by atoms with Crippen molar-refractivity contribution in [3.05, 3.63) is 36.2 Å². The van der Waals surface area contributed by atoms with Gasteiger partial charge in [-0.3, -0.25) is 9.78 Å². The molecule has 2 rings (SSSR count). The molecule has 1 heterocycles. The lowest BCUT2D eigenvalue weighted by molar-refractivity contribution is -0.148. The summed E-state index contributed by atoms with van der Waals surface area (Å²) in [5, 5.41) is 0. The van der Waals surface area contributed by atoms with Gasteiger partial charge in [0.1, 0.15) is 0 Å². The van der Waals surface area contributed by atoms with Gasteiger partial charge in [-0.25, -0.2) is 0 Å². The molecule has 1 atom stereocenters. The average Bonchev–Trinajstić information content (AvgIpc) is 2.46. The number of aromatic nitrogens is 1. The van der Waals surface area contributed by atoms with E-state index in [0.717, 1.165) is 31.2 Å². The molecule has 0 fully saturated rings. The quantitative estimate of drug-likeness (QED) is 0.764. The van der Waals surface area contributed by atoms with Gasteiger partial charge < -0.3 is 4.74 Å². The van der Waals surface area contributed by atoms with Crippen LogP contribution in [0.25, 0.3) is 5.57 Å². The zero-order valence-electron chi connectivity index (χ0n) is 10.8. The Balaban J connectivity index is 1.94. The molecule has 3 heteroatoms. The van der Waals surface area contributed by atoms with E-state index in [2.05, 4.69) is 17.1 Å². The maximum atomic E-state index is 11.7. The number of rotatable bonds is 4. The molecular formula is C15H19NO2. The van der Waals surface area contributed by atoms with E-state index in [1.54, 1.807) is 6.20 Å². The molecule has 0 N–H and O–H groups in total. The Labute approximate surface area is 108 Å². The molecule has 1 aromatic rings. The molecule has 0 saturated carbocycles. The molecule has 1 unspecified atom stereocenters. The minimum absolute atomic E-state index is 0.0389. The van der Waals surface area contributed by atoms with Crippen LogP contribution in [0.2, 0.25) is 0 Å². The summed E-state index contributed by atoms with van der Waals surface area (Å²) in [5.74, 6) is -0.00434. The van der Waals surface area contributed by atoms with Crippen molar-refractivity contribution in [1.29, 1.82) is 0 Å². The largest absolute Gasteiger partial charge is 0.465 e. The Morgan fingerprint density at radius 2 is 2.44 bits per heavy atom. The van der Waals surface area contributed by atoms with Gasteiger partial charge >= 0.3 is 5.97 Å². The van der Waals surface area contributed by atoms with Crippen LogP contribution in [0.15, 0.2) is 30.6 Å². The van der Waals surface area contributed by atoms with Gasteiger partial charge in [0.2, 0.25) is 0 Å². The monoisotopic (exact) mass is 245 g/mol. The highest BCUT2D eigenvalue weighted by Gasteiger charge is 2.23. The number of hydrogen-bond acceptors (Lipinski definition) is 3. The molecule has 0 aromatic carbocycles. The second-order valence-electron chi connectivity index (χ2n) is 4.61. The van der Waals surface area contributed by atoms with Gasteiger partial charge in [-0.05, 0) is 42.9 Å². The van der Waals surface area contributed by atoms with E-state index >= 15 is 0 Å². The van der Waals surface area contributed by atoms with Gasteiger partial charge in [0.25, 0.3) is 0 Å². The number of hydrogen-bond donors (Lipinski definition) is 0. The summed E-state index contributed by atoms with van der Waals surface area (Å²) in [4.78, 5) is 15.9. The van der Waals surface area contributed by atoms with E-state index in [1.165, 1.54) is 5.57 Å². The summed E-state index contributed by atoms with van der Waals surface area (Å²) in [6, 6.07) is 4.01. The van der Waals surface area contributed by atoms with Gasteiger partial charge in [0.05, 0.1) is 12.5 Å². The van der Waals surface area contributed by atoms with Crippen molar-refractivity contribution in [1.82, 2.24) is 4.98 Å². The molecule has 0 radical (unpaired) electrons. The fraction of sp³-hybridized carbons (Fsp3) is 0.467. The zero-order chi connectivity index (χ0) is 12.8. The molecule has 0 amide bonds. The first-order valence-electron chi connectivity index (χ1n) is 6.57. The molecule has 1 aliphatic carbocycles. The lowest BCUT2D eigenvalue weighted by Crippen LogP contribution is -2.20. The summed E-state index contributed by atoms with van der Waals surface area (Å²) in [5.41, 5.74) is 2.46. The third kappa shape index (κ3) is 3.19. The third-order valence-electron chi connectivity index (χ3n) is 3.23. The van der Waals surface area contributed by atoms with Crippen LogP contribution in [-0.4, -0.2) is 17.6 Å². The second-order valence-corrected chi connectivity index (χ2v) is 4.61. The van der Waals surface area contributed by atoms with E-state index < -0.39 is 0 Å². The van der Waals surface area contributed by atoms with Gasteiger partial charge in [-0.1, -0.05) is 19.1 Å². The van der Waals surface area contributed by atoms with E-state index in [0.29, 0.717) is 6.61 Å². The van der Waals surface area contributed by atoms with Crippen LogP contribution in [0.3, 0.4) is 0 Å². The minimum Gasteiger partial charge on any atom is -0.465 e. The Bertz CT molecular complexity index is 425. The zero-order valence-corrected chi connectivity index (χ0v) is 10.8. The highest BCUT2D eigenvalue weighted by Crippen LogP contribution is 2.30. The van der Waals surface area contributed by atoms with Crippen LogP contribution >= 0.6 is 0 Å². The Hall–Kier alpha value is -1.64. The highest BCUT2D eigenvalue weighted by molar-refractivity contribution is 5.75. The van der Waals surface area contributed by atoms with Crippen molar-refractivity contribution in [2.45, 2.75) is 32.6 Å². The molecule has 3 nitrogen and oxygen atoms in total. The van der Waals surface area contributed by atoms with Gasteiger partial charge in [-0.15, -0.1) is 0 Å². The molecule has 0 bridgehead atoms. The van der Waals surface area contributed by atoms with Crippen LogP contribution < -0.4 is 0 Å². The van der Waals surface area contributed by atoms with Crippen LogP contribution in [0.4, 0.5) is 0 Å². The van der Waals surface area contributed by atoms with E-state index in [1.807, 2.05) is 19.2 Å². The van der Waals surface area contributed by atoms with E-state index in [9.17, 15) is 4.79 Å². The van der Waals surface area contributed by atoms with Gasteiger partial charge in [0.15, 0.2) is 0 Å². The molecule has 18 heavy (non-hydrogen) atoms. The molecule has 96 valence electrons. The molecule has 1 aliphatic rings. The van der Waals surface area contributed by atoms with Gasteiger partial charge in [0, 0.05) is 12.4 Å². The maximum Gasteiger partial charge on any atom is 0.309 e. The first kappa shape index (κ1) is 12.8. The maximum absolute atomic E-state index is 11.7. The highest BCUT2D eigenvalue weighted by atomic mass is 16.5. The van der Waals surface area contributed by atoms with Crippen molar-refractivity contribution >= 4 is 11.5 Å². The van der Waals surface area contributed by atoms with Crippen LogP contribution in [0.1, 0.15) is 38.2 Å². The summed E-state index contributed by atoms with van der Waals surface area (Å²) in [6.45, 7) is 2.54. The lowest BCUT2D eigenvalue weighted by Gasteiger charge is -2.20. The summed E-state index contributed by atoms with van der Waals surface area (Å²) < 4.78 is 5.19. The van der Waals surface area contributed by atoms with Crippen molar-refractivity contribution in [3.8, 4) is 0 Å². The fourth-order valence-electron chi connectivity index (χ4n) is 2.18. The molecule has 0 aliphatic heterocycles. The lowest BCUT2D eigenvalue weighted by atomic mass is 9.87. The van der Waals surface area contributed by atoms with E-state index in [4.69, 9.17) is 4.74 Å². The molecule has 0 saturated heterocycles. The smallest absolute Gasteiger partial charge is 0.309 e. The number of ether oxygens (including phenoxy) is 1. The number of pyridine rings is 1. The normalized spacial score (nSPS) is 19.2. The summed E-state index contributed by atoms with van der Waals surface area (Å²) in [7, 11) is 0. The molecular weight excluding hydrogens is 226 g/mol. The number of allylic oxidation sites excluding steroid dienone is 2. The van der Waals surface area contributed by atoms with Gasteiger partial charge in [-0.2, -0.15) is 0 Å². The summed E-state index contributed by atoms with van der Waals surface area (Å²) >= 11 is 0. The van der Waals surface area contributed by atoms with Crippen molar-refractivity contribution in [2.24, 2.45) is 5.92 Å². The van der Waals surface area contributed by atoms with Crippen molar-refractivity contribution in [3.63, 3.8) is 0 Å². The number of carbonyl (C=O) groups excluding carboxylic acids is 1. The predicted octanol–water partition coefficient (Wildman–Crippen LogP) is 3.22. The minimum atomic E-state index is -0.0432. The third-order valence-corrected chi connectivity index (χ3v) is 3.23. The van der Waals surface area contributed by atoms with Crippen LogP contribution in [-0.2, 0) is 9.53 Å². The fourth-order valence-corrected chi connectivity index (χ4v) is 2.18. The van der Waals surface area contributed by atoms with Crippen molar-refractivity contribution in [2.75, 3.05) is 6.61 Å². The Morgan fingerprint density at radius 3 is 3.06 bits per heavy atom. The molecule has 1 aromatic heterocycles. The average molecular weight is 245 g/mol. The standard InChI is InChI=1S/C15H19NO2/c1-2-10-18-15(17)13-7-5-12(6-8-13)14-4-3-9-16-11-14/h3-5,9,11,13H,2,6-8,10H2,1H3. The van der Waals surface area contributed by atoms with Crippen LogP contribution in [0.5, 0.6) is 0 Å². The SMILES string of the molecule is CCCOC(=O)C1CC=C(c2cccnc2)CC1. The Morgan fingerprint density at radius 1 is 1.56 bits per heavy atom. The topological polar surface area (TPSA) is 39.2 Å². The van der Waals surface area contributed by atoms with E-state index in [-0.39, 0.29) is 11.9 Å². The predicted molar refractivity (Wildman–Crippen MR) is 70.8 cm³/mol. The Kier molecular flexibility index (Phi) is 4.51. The van der Waals surface area contributed by atoms with Crippen LogP contribution in [0, 0.1) is 5.92 Å². The first-order chi connectivity index (χ1) is 8.81. The second kappa shape index (κ2) is 6.34.